The summed E-state index contributed by atoms with van der Waals surface area (Å²) in [6, 6.07) is 9.77. The number of benzene rings is 1. The van der Waals surface area contributed by atoms with Crippen LogP contribution in [0.15, 0.2) is 48.8 Å². The normalized spacial score (nSPS) is 10.9. The van der Waals surface area contributed by atoms with Crippen molar-refractivity contribution in [3.63, 3.8) is 0 Å². The molecular formula is C13H13N3O. The Balaban J connectivity index is 2.13. The van der Waals surface area contributed by atoms with Crippen LogP contribution in [0, 0.1) is 0 Å². The first kappa shape index (κ1) is 11.4. The lowest BCUT2D eigenvalue weighted by Crippen LogP contribution is -1.96. The second-order valence-electron chi connectivity index (χ2n) is 3.43. The molecule has 0 fully saturated rings. The van der Waals surface area contributed by atoms with E-state index in [4.69, 9.17) is 5.90 Å². The van der Waals surface area contributed by atoms with Crippen LogP contribution in [-0.2, 0) is 4.84 Å². The molecule has 0 aliphatic carbocycles. The molecule has 4 heteroatoms. The van der Waals surface area contributed by atoms with Crippen molar-refractivity contribution in [1.82, 2.24) is 9.97 Å². The van der Waals surface area contributed by atoms with Crippen LogP contribution in [0.25, 0.3) is 17.5 Å². The summed E-state index contributed by atoms with van der Waals surface area (Å²) in [5.74, 6) is 5.65. The van der Waals surface area contributed by atoms with Gasteiger partial charge in [-0.05, 0) is 11.6 Å². The van der Waals surface area contributed by atoms with Crippen molar-refractivity contribution in [2.24, 2.45) is 5.90 Å². The average Bonchev–Trinajstić information content (AvgIpc) is 2.41. The lowest BCUT2D eigenvalue weighted by atomic mass is 10.1. The third-order valence-electron chi connectivity index (χ3n) is 2.24. The Labute approximate surface area is 99.7 Å². The van der Waals surface area contributed by atoms with Gasteiger partial charge in [-0.1, -0.05) is 36.4 Å². The fourth-order valence-electron chi connectivity index (χ4n) is 1.43. The van der Waals surface area contributed by atoms with Gasteiger partial charge in [0.1, 0.15) is 0 Å². The van der Waals surface area contributed by atoms with E-state index in [1.165, 1.54) is 0 Å². The maximum atomic E-state index is 4.93. The van der Waals surface area contributed by atoms with E-state index in [2.05, 4.69) is 14.8 Å². The van der Waals surface area contributed by atoms with Crippen molar-refractivity contribution < 1.29 is 4.84 Å². The molecule has 4 nitrogen and oxygen atoms in total. The van der Waals surface area contributed by atoms with E-state index >= 15 is 0 Å². The minimum atomic E-state index is 0.406. The zero-order valence-electron chi connectivity index (χ0n) is 9.28. The number of nitrogens with zero attached hydrogens (tertiary/aromatic N) is 2. The topological polar surface area (TPSA) is 61.0 Å². The molecule has 0 radical (unpaired) electrons. The largest absolute Gasteiger partial charge is 0.300 e. The van der Waals surface area contributed by atoms with E-state index < -0.39 is 0 Å². The van der Waals surface area contributed by atoms with Crippen LogP contribution in [0.2, 0.25) is 0 Å². The molecule has 2 N–H and O–H groups in total. The van der Waals surface area contributed by atoms with Crippen molar-refractivity contribution in [3.8, 4) is 11.4 Å². The lowest BCUT2D eigenvalue weighted by Gasteiger charge is -1.99. The molecule has 1 heterocycles. The van der Waals surface area contributed by atoms with Crippen LogP contribution in [0.4, 0.5) is 0 Å². The summed E-state index contributed by atoms with van der Waals surface area (Å²) in [4.78, 5) is 12.8. The van der Waals surface area contributed by atoms with Gasteiger partial charge < -0.3 is 4.84 Å². The first-order valence-corrected chi connectivity index (χ1v) is 5.26. The fraction of sp³-hybridized carbons (Fsp3) is 0.0769. The predicted molar refractivity (Wildman–Crippen MR) is 66.6 cm³/mol. The molecule has 0 saturated heterocycles. The second kappa shape index (κ2) is 5.89. The molecule has 0 bridgehead atoms. The van der Waals surface area contributed by atoms with Gasteiger partial charge in [0, 0.05) is 18.0 Å². The quantitative estimate of drug-likeness (QED) is 0.812. The Morgan fingerprint density at radius 3 is 2.47 bits per heavy atom. The Bertz CT molecular complexity index is 480. The monoisotopic (exact) mass is 227 g/mol. The molecule has 1 aromatic heterocycles. The SMILES string of the molecule is NOC/C=C/c1ccc(-c2ncccn2)cc1. The van der Waals surface area contributed by atoms with Crippen LogP contribution in [-0.4, -0.2) is 16.6 Å². The Hall–Kier alpha value is -2.04. The van der Waals surface area contributed by atoms with Crippen molar-refractivity contribution in [3.05, 3.63) is 54.4 Å². The minimum Gasteiger partial charge on any atom is -0.300 e. The van der Waals surface area contributed by atoms with E-state index in [-0.39, 0.29) is 0 Å². The molecule has 0 aliphatic rings. The van der Waals surface area contributed by atoms with Crippen LogP contribution >= 0.6 is 0 Å². The second-order valence-corrected chi connectivity index (χ2v) is 3.43. The molecule has 86 valence electrons. The average molecular weight is 227 g/mol. The third-order valence-corrected chi connectivity index (χ3v) is 2.24. The molecular weight excluding hydrogens is 214 g/mol. The number of rotatable bonds is 4. The van der Waals surface area contributed by atoms with Gasteiger partial charge in [-0.2, -0.15) is 0 Å². The summed E-state index contributed by atoms with van der Waals surface area (Å²) in [7, 11) is 0. The Morgan fingerprint density at radius 2 is 1.82 bits per heavy atom. The van der Waals surface area contributed by atoms with Gasteiger partial charge >= 0.3 is 0 Å². The van der Waals surface area contributed by atoms with Gasteiger partial charge in [-0.3, -0.25) is 0 Å². The van der Waals surface area contributed by atoms with Crippen LogP contribution in [0.5, 0.6) is 0 Å². The first-order chi connectivity index (χ1) is 8.40. The molecule has 0 unspecified atom stereocenters. The van der Waals surface area contributed by atoms with Crippen LogP contribution in [0.3, 0.4) is 0 Å². The molecule has 0 spiro atoms. The molecule has 0 atom stereocenters. The molecule has 17 heavy (non-hydrogen) atoms. The van der Waals surface area contributed by atoms with Gasteiger partial charge in [-0.15, -0.1) is 0 Å². The molecule has 2 aromatic rings. The number of nitrogens with two attached hydrogens (primary N) is 1. The van der Waals surface area contributed by atoms with Crippen molar-refractivity contribution in [2.45, 2.75) is 0 Å². The van der Waals surface area contributed by atoms with Crippen LogP contribution in [0.1, 0.15) is 5.56 Å². The van der Waals surface area contributed by atoms with Gasteiger partial charge in [0.25, 0.3) is 0 Å². The zero-order chi connectivity index (χ0) is 11.9. The summed E-state index contributed by atoms with van der Waals surface area (Å²) in [6.45, 7) is 0.406. The molecule has 2 rings (SSSR count). The van der Waals surface area contributed by atoms with Gasteiger partial charge in [-0.25, -0.2) is 15.9 Å². The Morgan fingerprint density at radius 1 is 1.12 bits per heavy atom. The molecule has 0 saturated carbocycles. The highest BCUT2D eigenvalue weighted by Gasteiger charge is 1.98. The Kier molecular flexibility index (Phi) is 3.96. The van der Waals surface area contributed by atoms with E-state index in [0.29, 0.717) is 6.61 Å². The highest BCUT2D eigenvalue weighted by molar-refractivity contribution is 5.59. The molecule has 0 amide bonds. The van der Waals surface area contributed by atoms with Gasteiger partial charge in [0.05, 0.1) is 6.61 Å². The zero-order valence-corrected chi connectivity index (χ0v) is 9.28. The van der Waals surface area contributed by atoms with Gasteiger partial charge in [0.15, 0.2) is 5.82 Å². The predicted octanol–water partition coefficient (Wildman–Crippen LogP) is 2.05. The van der Waals surface area contributed by atoms with E-state index in [1.54, 1.807) is 18.5 Å². The fourth-order valence-corrected chi connectivity index (χ4v) is 1.43. The maximum Gasteiger partial charge on any atom is 0.159 e. The number of aromatic nitrogens is 2. The summed E-state index contributed by atoms with van der Waals surface area (Å²) in [5.41, 5.74) is 2.08. The minimum absolute atomic E-state index is 0.406. The highest BCUT2D eigenvalue weighted by Crippen LogP contribution is 2.15. The number of hydrogen-bond acceptors (Lipinski definition) is 4. The summed E-state index contributed by atoms with van der Waals surface area (Å²) in [5, 5.41) is 0. The maximum absolute atomic E-state index is 4.93. The van der Waals surface area contributed by atoms with E-state index in [1.807, 2.05) is 36.4 Å². The van der Waals surface area contributed by atoms with Gasteiger partial charge in [0.2, 0.25) is 0 Å². The molecule has 0 aliphatic heterocycles. The summed E-state index contributed by atoms with van der Waals surface area (Å²) >= 11 is 0. The van der Waals surface area contributed by atoms with Crippen molar-refractivity contribution in [2.75, 3.05) is 6.61 Å². The van der Waals surface area contributed by atoms with E-state index in [9.17, 15) is 0 Å². The third kappa shape index (κ3) is 3.21. The summed E-state index contributed by atoms with van der Waals surface area (Å²) in [6.07, 6.45) is 7.26. The first-order valence-electron chi connectivity index (χ1n) is 5.26. The van der Waals surface area contributed by atoms with Crippen molar-refractivity contribution in [1.29, 1.82) is 0 Å². The summed E-state index contributed by atoms with van der Waals surface area (Å²) < 4.78 is 0. The lowest BCUT2D eigenvalue weighted by molar-refractivity contribution is 0.168. The van der Waals surface area contributed by atoms with Crippen LogP contribution < -0.4 is 5.90 Å². The standard InChI is InChI=1S/C13H13N3O/c14-17-10-1-3-11-4-6-12(7-5-11)13-15-8-2-9-16-13/h1-9H,10,14H2/b3-1+. The highest BCUT2D eigenvalue weighted by atomic mass is 16.6. The van der Waals surface area contributed by atoms with Crippen molar-refractivity contribution >= 4 is 6.08 Å². The molecule has 1 aromatic carbocycles. The number of hydrogen-bond donors (Lipinski definition) is 1. The van der Waals surface area contributed by atoms with E-state index in [0.717, 1.165) is 17.0 Å². The smallest absolute Gasteiger partial charge is 0.159 e.